The average Bonchev–Trinajstić information content (AvgIpc) is 2.34. The molecule has 17 heavy (non-hydrogen) atoms. The molecular weight excluding hydrogens is 234 g/mol. The molecular formula is C14H22ClNO. The van der Waals surface area contributed by atoms with Gasteiger partial charge in [0.15, 0.2) is 0 Å². The lowest BCUT2D eigenvalue weighted by atomic mass is 10.2. The van der Waals surface area contributed by atoms with Gasteiger partial charge in [-0.3, -0.25) is 0 Å². The van der Waals surface area contributed by atoms with Gasteiger partial charge in [-0.15, -0.1) is 11.6 Å². The molecule has 1 rings (SSSR count). The Labute approximate surface area is 110 Å². The summed E-state index contributed by atoms with van der Waals surface area (Å²) < 4.78 is 5.72. The standard InChI is InChI=1S/C14H22ClNO/c1-16(2)13-8-7-9-14(12-13)17-11-6-4-3-5-10-15/h7-9,12H,3-6,10-11H2,1-2H3. The van der Waals surface area contributed by atoms with Crippen LogP contribution in [0.3, 0.4) is 0 Å². The van der Waals surface area contributed by atoms with Crippen LogP contribution in [0.25, 0.3) is 0 Å². The van der Waals surface area contributed by atoms with Crippen molar-refractivity contribution in [3.05, 3.63) is 24.3 Å². The Morgan fingerprint density at radius 2 is 1.88 bits per heavy atom. The Kier molecular flexibility index (Phi) is 6.87. The first-order valence-electron chi connectivity index (χ1n) is 6.20. The number of unbranched alkanes of at least 4 members (excludes halogenated alkanes) is 3. The summed E-state index contributed by atoms with van der Waals surface area (Å²) in [5, 5.41) is 0. The highest BCUT2D eigenvalue weighted by atomic mass is 35.5. The quantitative estimate of drug-likeness (QED) is 0.516. The molecule has 0 atom stereocenters. The number of nitrogens with zero attached hydrogens (tertiary/aromatic N) is 1. The minimum atomic E-state index is 0.770. The number of anilines is 1. The lowest BCUT2D eigenvalue weighted by molar-refractivity contribution is 0.305. The Morgan fingerprint density at radius 1 is 1.12 bits per heavy atom. The topological polar surface area (TPSA) is 12.5 Å². The molecule has 1 aromatic carbocycles. The average molecular weight is 256 g/mol. The molecule has 0 fully saturated rings. The molecule has 96 valence electrons. The summed E-state index contributed by atoms with van der Waals surface area (Å²) in [6.07, 6.45) is 4.60. The first kappa shape index (κ1) is 14.2. The molecule has 0 spiro atoms. The van der Waals surface area contributed by atoms with Crippen LogP contribution in [0.5, 0.6) is 5.75 Å². The van der Waals surface area contributed by atoms with Crippen LogP contribution in [-0.4, -0.2) is 26.6 Å². The number of rotatable bonds is 8. The molecule has 3 heteroatoms. The van der Waals surface area contributed by atoms with Crippen molar-refractivity contribution in [3.63, 3.8) is 0 Å². The van der Waals surface area contributed by atoms with Gasteiger partial charge in [-0.25, -0.2) is 0 Å². The van der Waals surface area contributed by atoms with Crippen LogP contribution in [-0.2, 0) is 0 Å². The summed E-state index contributed by atoms with van der Waals surface area (Å²) in [6.45, 7) is 0.791. The molecule has 1 aromatic rings. The highest BCUT2D eigenvalue weighted by Crippen LogP contribution is 2.19. The van der Waals surface area contributed by atoms with Crippen molar-refractivity contribution in [2.45, 2.75) is 25.7 Å². The zero-order valence-electron chi connectivity index (χ0n) is 10.8. The summed E-state index contributed by atoms with van der Waals surface area (Å²) in [7, 11) is 4.07. The van der Waals surface area contributed by atoms with Gasteiger partial charge in [-0.05, 0) is 25.0 Å². The summed E-state index contributed by atoms with van der Waals surface area (Å²) >= 11 is 5.62. The van der Waals surface area contributed by atoms with Crippen LogP contribution in [0.2, 0.25) is 0 Å². The maximum absolute atomic E-state index is 5.72. The molecule has 0 aliphatic heterocycles. The van der Waals surface area contributed by atoms with Gasteiger partial charge in [-0.2, -0.15) is 0 Å². The maximum Gasteiger partial charge on any atom is 0.121 e. The van der Waals surface area contributed by atoms with E-state index in [1.165, 1.54) is 18.5 Å². The van der Waals surface area contributed by atoms with Crippen molar-refractivity contribution in [3.8, 4) is 5.75 Å². The van der Waals surface area contributed by atoms with Gasteiger partial charge in [0.2, 0.25) is 0 Å². The lowest BCUT2D eigenvalue weighted by Crippen LogP contribution is -2.08. The first-order chi connectivity index (χ1) is 8.24. The maximum atomic E-state index is 5.72. The highest BCUT2D eigenvalue weighted by Gasteiger charge is 1.98. The minimum Gasteiger partial charge on any atom is -0.494 e. The molecule has 0 heterocycles. The minimum absolute atomic E-state index is 0.770. The molecule has 0 aromatic heterocycles. The fourth-order valence-corrected chi connectivity index (χ4v) is 1.78. The lowest BCUT2D eigenvalue weighted by Gasteiger charge is -2.14. The fraction of sp³-hybridized carbons (Fsp3) is 0.571. The van der Waals surface area contributed by atoms with E-state index in [0.717, 1.165) is 31.1 Å². The SMILES string of the molecule is CN(C)c1cccc(OCCCCCCCl)c1. The predicted octanol–water partition coefficient (Wildman–Crippen LogP) is 3.93. The molecule has 0 radical (unpaired) electrons. The van der Waals surface area contributed by atoms with E-state index in [1.54, 1.807) is 0 Å². The van der Waals surface area contributed by atoms with Crippen molar-refractivity contribution in [1.29, 1.82) is 0 Å². The van der Waals surface area contributed by atoms with Gasteiger partial charge in [-0.1, -0.05) is 18.9 Å². The first-order valence-corrected chi connectivity index (χ1v) is 6.73. The van der Waals surface area contributed by atoms with Crippen molar-refractivity contribution in [2.24, 2.45) is 0 Å². The third-order valence-electron chi connectivity index (χ3n) is 2.63. The van der Waals surface area contributed by atoms with Crippen molar-refractivity contribution < 1.29 is 4.74 Å². The van der Waals surface area contributed by atoms with E-state index in [0.29, 0.717) is 0 Å². The molecule has 0 amide bonds. The third-order valence-corrected chi connectivity index (χ3v) is 2.90. The molecule has 0 aliphatic carbocycles. The second-order valence-corrected chi connectivity index (χ2v) is 4.72. The fourth-order valence-electron chi connectivity index (χ4n) is 1.59. The van der Waals surface area contributed by atoms with Crippen LogP contribution in [0, 0.1) is 0 Å². The van der Waals surface area contributed by atoms with E-state index in [9.17, 15) is 0 Å². The van der Waals surface area contributed by atoms with E-state index in [2.05, 4.69) is 17.0 Å². The molecule has 0 saturated heterocycles. The summed E-state index contributed by atoms with van der Waals surface area (Å²) in [5.41, 5.74) is 1.17. The second kappa shape index (κ2) is 8.24. The molecule has 0 bridgehead atoms. The van der Waals surface area contributed by atoms with E-state index in [4.69, 9.17) is 16.3 Å². The van der Waals surface area contributed by atoms with Crippen LogP contribution >= 0.6 is 11.6 Å². The number of hydrogen-bond donors (Lipinski definition) is 0. The number of ether oxygens (including phenoxy) is 1. The normalized spacial score (nSPS) is 10.3. The van der Waals surface area contributed by atoms with Gasteiger partial charge in [0, 0.05) is 31.7 Å². The van der Waals surface area contributed by atoms with Gasteiger partial charge in [0.1, 0.15) is 5.75 Å². The van der Waals surface area contributed by atoms with E-state index in [-0.39, 0.29) is 0 Å². The monoisotopic (exact) mass is 255 g/mol. The summed E-state index contributed by atoms with van der Waals surface area (Å²) in [4.78, 5) is 2.08. The van der Waals surface area contributed by atoms with Crippen LogP contribution in [0.15, 0.2) is 24.3 Å². The molecule has 0 unspecified atom stereocenters. The summed E-state index contributed by atoms with van der Waals surface area (Å²) in [6, 6.07) is 8.18. The summed E-state index contributed by atoms with van der Waals surface area (Å²) in [5.74, 6) is 1.72. The van der Waals surface area contributed by atoms with E-state index in [1.807, 2.05) is 26.2 Å². The number of hydrogen-bond acceptors (Lipinski definition) is 2. The predicted molar refractivity (Wildman–Crippen MR) is 75.5 cm³/mol. The Bertz CT molecular complexity index is 315. The molecule has 2 nitrogen and oxygen atoms in total. The van der Waals surface area contributed by atoms with Crippen molar-refractivity contribution in [1.82, 2.24) is 0 Å². The van der Waals surface area contributed by atoms with Gasteiger partial charge >= 0.3 is 0 Å². The third kappa shape index (κ3) is 5.83. The number of alkyl halides is 1. The molecule has 0 saturated carbocycles. The van der Waals surface area contributed by atoms with Gasteiger partial charge in [0.05, 0.1) is 6.61 Å². The van der Waals surface area contributed by atoms with Gasteiger partial charge in [0.25, 0.3) is 0 Å². The van der Waals surface area contributed by atoms with Crippen LogP contribution in [0.1, 0.15) is 25.7 Å². The Morgan fingerprint density at radius 3 is 2.59 bits per heavy atom. The van der Waals surface area contributed by atoms with E-state index >= 15 is 0 Å². The second-order valence-electron chi connectivity index (χ2n) is 4.34. The van der Waals surface area contributed by atoms with Crippen LogP contribution in [0.4, 0.5) is 5.69 Å². The van der Waals surface area contributed by atoms with Crippen molar-refractivity contribution >= 4 is 17.3 Å². The zero-order chi connectivity index (χ0) is 12.5. The zero-order valence-corrected chi connectivity index (χ0v) is 11.5. The highest BCUT2D eigenvalue weighted by molar-refractivity contribution is 6.17. The molecule has 0 N–H and O–H groups in total. The van der Waals surface area contributed by atoms with E-state index < -0.39 is 0 Å². The van der Waals surface area contributed by atoms with Crippen LogP contribution < -0.4 is 9.64 Å². The number of benzene rings is 1. The Balaban J connectivity index is 2.24. The largest absolute Gasteiger partial charge is 0.494 e. The number of halogens is 1. The Hall–Kier alpha value is -0.890. The smallest absolute Gasteiger partial charge is 0.121 e. The van der Waals surface area contributed by atoms with Crippen molar-refractivity contribution in [2.75, 3.05) is 31.5 Å². The van der Waals surface area contributed by atoms with Gasteiger partial charge < -0.3 is 9.64 Å². The molecule has 0 aliphatic rings.